The first kappa shape index (κ1) is 15.1. The third-order valence-corrected chi connectivity index (χ3v) is 4.50. The molecule has 2 rings (SSSR count). The molecule has 2 unspecified atom stereocenters. The van der Waals surface area contributed by atoms with Crippen molar-refractivity contribution < 1.29 is 13.6 Å². The predicted molar refractivity (Wildman–Crippen MR) is 75.4 cm³/mol. The first-order chi connectivity index (χ1) is 9.29. The van der Waals surface area contributed by atoms with Crippen molar-refractivity contribution in [1.82, 2.24) is 0 Å². The Kier molecular flexibility index (Phi) is 4.26. The number of hydrogen-bond acceptors (Lipinski definition) is 1. The maximum absolute atomic E-state index is 13.7. The molecule has 0 radical (unpaired) electrons. The zero-order valence-corrected chi connectivity index (χ0v) is 12.4. The van der Waals surface area contributed by atoms with Crippen molar-refractivity contribution in [3.05, 3.63) is 35.4 Å². The van der Waals surface area contributed by atoms with Gasteiger partial charge in [-0.25, -0.2) is 8.78 Å². The van der Waals surface area contributed by atoms with Gasteiger partial charge in [-0.1, -0.05) is 26.8 Å². The van der Waals surface area contributed by atoms with Crippen LogP contribution in [0.3, 0.4) is 0 Å². The minimum atomic E-state index is -0.546. The van der Waals surface area contributed by atoms with Crippen molar-refractivity contribution in [2.45, 2.75) is 46.5 Å². The normalized spacial score (nSPS) is 23.9. The van der Waals surface area contributed by atoms with E-state index in [1.807, 2.05) is 0 Å². The number of hydrogen-bond donors (Lipinski definition) is 0. The van der Waals surface area contributed by atoms with Crippen LogP contribution in [-0.4, -0.2) is 5.78 Å². The lowest BCUT2D eigenvalue weighted by atomic mass is 9.67. The zero-order chi connectivity index (χ0) is 14.9. The van der Waals surface area contributed by atoms with Crippen molar-refractivity contribution in [2.24, 2.45) is 17.3 Å². The molecule has 0 amide bonds. The van der Waals surface area contributed by atoms with Crippen molar-refractivity contribution in [3.63, 3.8) is 0 Å². The highest BCUT2D eigenvalue weighted by Gasteiger charge is 2.35. The highest BCUT2D eigenvalue weighted by molar-refractivity contribution is 5.82. The van der Waals surface area contributed by atoms with Crippen LogP contribution < -0.4 is 0 Å². The lowest BCUT2D eigenvalue weighted by Crippen LogP contribution is -2.33. The highest BCUT2D eigenvalue weighted by Crippen LogP contribution is 2.40. The van der Waals surface area contributed by atoms with E-state index in [0.29, 0.717) is 12.3 Å². The number of benzene rings is 1. The summed E-state index contributed by atoms with van der Waals surface area (Å²) in [7, 11) is 0. The van der Waals surface area contributed by atoms with Crippen molar-refractivity contribution in [3.8, 4) is 0 Å². The van der Waals surface area contributed by atoms with Crippen LogP contribution in [0.1, 0.15) is 45.6 Å². The molecule has 0 aliphatic heterocycles. The highest BCUT2D eigenvalue weighted by atomic mass is 19.1. The SMILES string of the molecule is CC(C)(C)C1CCC(=O)C(Cc2c(F)cccc2F)C1. The molecular formula is C17H22F2O. The molecule has 1 nitrogen and oxygen atoms in total. The van der Waals surface area contributed by atoms with E-state index in [9.17, 15) is 13.6 Å². The van der Waals surface area contributed by atoms with Crippen LogP contribution in [0.15, 0.2) is 18.2 Å². The molecule has 1 aromatic carbocycles. The second-order valence-electron chi connectivity index (χ2n) is 6.90. The smallest absolute Gasteiger partial charge is 0.136 e. The van der Waals surface area contributed by atoms with Crippen molar-refractivity contribution >= 4 is 5.78 Å². The van der Waals surface area contributed by atoms with Gasteiger partial charge < -0.3 is 0 Å². The standard InChI is InChI=1S/C17H22F2O/c1-17(2,3)12-7-8-16(20)11(9-12)10-13-14(18)5-4-6-15(13)19/h4-6,11-12H,7-10H2,1-3H3. The number of halogens is 2. The minimum absolute atomic E-state index is 0.0559. The molecule has 110 valence electrons. The van der Waals surface area contributed by atoms with E-state index in [2.05, 4.69) is 20.8 Å². The van der Waals surface area contributed by atoms with E-state index in [4.69, 9.17) is 0 Å². The molecule has 1 aliphatic carbocycles. The van der Waals surface area contributed by atoms with Gasteiger partial charge in [-0.3, -0.25) is 4.79 Å². The Balaban J connectivity index is 2.17. The fourth-order valence-corrected chi connectivity index (χ4v) is 3.07. The average molecular weight is 280 g/mol. The van der Waals surface area contributed by atoms with Gasteiger partial charge in [0.05, 0.1) is 0 Å². The first-order valence-electron chi connectivity index (χ1n) is 7.24. The molecule has 0 spiro atoms. The van der Waals surface area contributed by atoms with Gasteiger partial charge in [0.25, 0.3) is 0 Å². The summed E-state index contributed by atoms with van der Waals surface area (Å²) in [5, 5.41) is 0. The van der Waals surface area contributed by atoms with E-state index in [0.717, 1.165) is 12.8 Å². The summed E-state index contributed by atoms with van der Waals surface area (Å²) >= 11 is 0. The van der Waals surface area contributed by atoms with Gasteiger partial charge in [0.15, 0.2) is 0 Å². The van der Waals surface area contributed by atoms with Crippen molar-refractivity contribution in [2.75, 3.05) is 0 Å². The van der Waals surface area contributed by atoms with Crippen LogP contribution in [0, 0.1) is 28.9 Å². The molecule has 1 saturated carbocycles. The molecule has 0 saturated heterocycles. The van der Waals surface area contributed by atoms with E-state index in [-0.39, 0.29) is 29.1 Å². The number of ketones is 1. The molecule has 1 fully saturated rings. The summed E-state index contributed by atoms with van der Waals surface area (Å²) in [6.07, 6.45) is 2.33. The molecule has 20 heavy (non-hydrogen) atoms. The molecule has 0 aromatic heterocycles. The van der Waals surface area contributed by atoms with E-state index >= 15 is 0 Å². The molecule has 0 N–H and O–H groups in total. The minimum Gasteiger partial charge on any atom is -0.299 e. The summed E-state index contributed by atoms with van der Waals surface area (Å²) in [6.45, 7) is 6.48. The largest absolute Gasteiger partial charge is 0.299 e. The summed E-state index contributed by atoms with van der Waals surface area (Å²) in [5.41, 5.74) is 0.188. The Morgan fingerprint density at radius 1 is 1.20 bits per heavy atom. The monoisotopic (exact) mass is 280 g/mol. The Bertz CT molecular complexity index is 482. The van der Waals surface area contributed by atoms with E-state index in [1.54, 1.807) is 0 Å². The molecular weight excluding hydrogens is 258 g/mol. The van der Waals surface area contributed by atoms with Gasteiger partial charge >= 0.3 is 0 Å². The van der Waals surface area contributed by atoms with Gasteiger partial charge in [-0.05, 0) is 42.7 Å². The van der Waals surface area contributed by atoms with E-state index in [1.165, 1.54) is 18.2 Å². The molecule has 2 atom stereocenters. The van der Waals surface area contributed by atoms with Gasteiger partial charge in [-0.15, -0.1) is 0 Å². The number of carbonyl (C=O) groups is 1. The Hall–Kier alpha value is -1.25. The van der Waals surface area contributed by atoms with Gasteiger partial charge in [0.1, 0.15) is 17.4 Å². The summed E-state index contributed by atoms with van der Waals surface area (Å²) in [6, 6.07) is 3.87. The topological polar surface area (TPSA) is 17.1 Å². The van der Waals surface area contributed by atoms with Crippen LogP contribution in [0.5, 0.6) is 0 Å². The Morgan fingerprint density at radius 3 is 2.35 bits per heavy atom. The Labute approximate surface area is 119 Å². The van der Waals surface area contributed by atoms with Gasteiger partial charge in [-0.2, -0.15) is 0 Å². The summed E-state index contributed by atoms with van der Waals surface area (Å²) in [5.74, 6) is -0.765. The first-order valence-corrected chi connectivity index (χ1v) is 7.24. The number of carbonyl (C=O) groups excluding carboxylic acids is 1. The van der Waals surface area contributed by atoms with Crippen LogP contribution in [0.4, 0.5) is 8.78 Å². The number of Topliss-reactive ketones (excluding diaryl/α,β-unsaturated/α-hetero) is 1. The molecule has 3 heteroatoms. The van der Waals surface area contributed by atoms with Gasteiger partial charge in [0.2, 0.25) is 0 Å². The lowest BCUT2D eigenvalue weighted by molar-refractivity contribution is -0.126. The second kappa shape index (κ2) is 5.63. The summed E-state index contributed by atoms with van der Waals surface area (Å²) in [4.78, 5) is 12.0. The van der Waals surface area contributed by atoms with Crippen LogP contribution >= 0.6 is 0 Å². The number of rotatable bonds is 2. The fourth-order valence-electron chi connectivity index (χ4n) is 3.07. The summed E-state index contributed by atoms with van der Waals surface area (Å²) < 4.78 is 27.4. The van der Waals surface area contributed by atoms with Crippen molar-refractivity contribution in [1.29, 1.82) is 0 Å². The third-order valence-electron chi connectivity index (χ3n) is 4.50. The third kappa shape index (κ3) is 3.25. The average Bonchev–Trinajstić information content (AvgIpc) is 2.34. The molecule has 1 aliphatic rings. The maximum atomic E-state index is 13.7. The maximum Gasteiger partial charge on any atom is 0.136 e. The molecule has 0 bridgehead atoms. The van der Waals surface area contributed by atoms with Crippen LogP contribution in [0.25, 0.3) is 0 Å². The quantitative estimate of drug-likeness (QED) is 0.777. The van der Waals surface area contributed by atoms with Gasteiger partial charge in [0, 0.05) is 17.9 Å². The molecule has 1 aromatic rings. The van der Waals surface area contributed by atoms with E-state index < -0.39 is 11.6 Å². The molecule has 0 heterocycles. The van der Waals surface area contributed by atoms with Crippen LogP contribution in [-0.2, 0) is 11.2 Å². The fraction of sp³-hybridized carbons (Fsp3) is 0.588. The van der Waals surface area contributed by atoms with Crippen LogP contribution in [0.2, 0.25) is 0 Å². The Morgan fingerprint density at radius 2 is 1.80 bits per heavy atom. The lowest BCUT2D eigenvalue weighted by Gasteiger charge is -2.37. The second-order valence-corrected chi connectivity index (χ2v) is 6.90. The predicted octanol–water partition coefficient (Wildman–Crippen LogP) is 4.54. The zero-order valence-electron chi connectivity index (χ0n) is 12.4.